The topological polar surface area (TPSA) is 65.4 Å². The zero-order chi connectivity index (χ0) is 14.8. The van der Waals surface area contributed by atoms with Crippen LogP contribution in [-0.2, 0) is 6.54 Å². The number of nitrogens with one attached hydrogen (secondary N) is 1. The number of aryl methyl sites for hydroxylation is 1. The Kier molecular flexibility index (Phi) is 3.36. The van der Waals surface area contributed by atoms with Gasteiger partial charge in [-0.3, -0.25) is 4.98 Å². The van der Waals surface area contributed by atoms with Crippen molar-refractivity contribution in [3.05, 3.63) is 59.8 Å². The molecule has 0 amide bonds. The zero-order valence-corrected chi connectivity index (χ0v) is 11.7. The predicted octanol–water partition coefficient (Wildman–Crippen LogP) is 3.57. The molecule has 0 saturated heterocycles. The molecule has 106 valence electrons. The van der Waals surface area contributed by atoms with Gasteiger partial charge < -0.3 is 15.5 Å². The van der Waals surface area contributed by atoms with Gasteiger partial charge in [-0.1, -0.05) is 30.3 Å². The lowest BCUT2D eigenvalue weighted by molar-refractivity contribution is 0.400. The summed E-state index contributed by atoms with van der Waals surface area (Å²) in [5, 5.41) is 23.7. The molecule has 0 aliphatic heterocycles. The number of hydrogen-bond donors (Lipinski definition) is 3. The Morgan fingerprint density at radius 3 is 2.67 bits per heavy atom. The van der Waals surface area contributed by atoms with Gasteiger partial charge in [0.2, 0.25) is 0 Å². The lowest BCUT2D eigenvalue weighted by atomic mass is 10.1. The second-order valence-electron chi connectivity index (χ2n) is 4.97. The first-order valence-corrected chi connectivity index (χ1v) is 6.75. The van der Waals surface area contributed by atoms with Gasteiger partial charge in [-0.05, 0) is 25.1 Å². The number of anilines is 1. The first kappa shape index (κ1) is 13.2. The third kappa shape index (κ3) is 2.60. The average Bonchev–Trinajstić information content (AvgIpc) is 2.49. The van der Waals surface area contributed by atoms with E-state index in [1.54, 1.807) is 12.1 Å². The minimum atomic E-state index is -0.110. The molecule has 21 heavy (non-hydrogen) atoms. The van der Waals surface area contributed by atoms with E-state index in [9.17, 15) is 10.2 Å². The van der Waals surface area contributed by atoms with Crippen molar-refractivity contribution in [2.45, 2.75) is 13.5 Å². The van der Waals surface area contributed by atoms with Crippen molar-refractivity contribution in [1.82, 2.24) is 4.98 Å². The average molecular weight is 280 g/mol. The van der Waals surface area contributed by atoms with Crippen molar-refractivity contribution in [3.63, 3.8) is 0 Å². The van der Waals surface area contributed by atoms with Crippen molar-refractivity contribution in [1.29, 1.82) is 0 Å². The molecule has 1 aromatic heterocycles. The third-order valence-electron chi connectivity index (χ3n) is 3.43. The summed E-state index contributed by atoms with van der Waals surface area (Å²) >= 11 is 0. The fourth-order valence-electron chi connectivity index (χ4n) is 2.30. The molecule has 4 heteroatoms. The van der Waals surface area contributed by atoms with Crippen LogP contribution in [0.25, 0.3) is 10.9 Å². The number of benzene rings is 2. The molecule has 0 bridgehead atoms. The molecule has 0 spiro atoms. The molecule has 3 N–H and O–H groups in total. The number of nitrogens with zero attached hydrogens (tertiary/aromatic N) is 1. The van der Waals surface area contributed by atoms with Gasteiger partial charge in [0.1, 0.15) is 0 Å². The molecule has 2 aromatic carbocycles. The van der Waals surface area contributed by atoms with Gasteiger partial charge in [-0.15, -0.1) is 0 Å². The molecule has 0 fully saturated rings. The van der Waals surface area contributed by atoms with Gasteiger partial charge >= 0.3 is 0 Å². The van der Waals surface area contributed by atoms with Crippen LogP contribution in [0, 0.1) is 6.92 Å². The lowest BCUT2D eigenvalue weighted by Gasteiger charge is -2.11. The minimum Gasteiger partial charge on any atom is -0.504 e. The lowest BCUT2D eigenvalue weighted by Crippen LogP contribution is -2.01. The number of phenolic OH excluding ortho intramolecular Hbond substituents is 2. The Morgan fingerprint density at radius 1 is 1.00 bits per heavy atom. The maximum atomic E-state index is 9.83. The Bertz CT molecular complexity index is 800. The summed E-state index contributed by atoms with van der Waals surface area (Å²) < 4.78 is 0. The summed E-state index contributed by atoms with van der Waals surface area (Å²) in [6.07, 6.45) is 0. The first-order chi connectivity index (χ1) is 10.1. The van der Waals surface area contributed by atoms with Crippen LogP contribution in [0.1, 0.15) is 11.3 Å². The normalized spacial score (nSPS) is 10.7. The minimum absolute atomic E-state index is 0.0885. The van der Waals surface area contributed by atoms with Crippen molar-refractivity contribution in [2.75, 3.05) is 5.32 Å². The maximum absolute atomic E-state index is 9.83. The van der Waals surface area contributed by atoms with E-state index < -0.39 is 0 Å². The van der Waals surface area contributed by atoms with E-state index in [0.717, 1.165) is 22.3 Å². The molecule has 0 atom stereocenters. The van der Waals surface area contributed by atoms with E-state index in [-0.39, 0.29) is 11.5 Å². The molecule has 0 unspecified atom stereocenters. The zero-order valence-electron chi connectivity index (χ0n) is 11.7. The molecule has 1 heterocycles. The molecular weight excluding hydrogens is 264 g/mol. The van der Waals surface area contributed by atoms with Crippen LogP contribution in [0.3, 0.4) is 0 Å². The van der Waals surface area contributed by atoms with E-state index in [2.05, 4.69) is 10.3 Å². The summed E-state index contributed by atoms with van der Waals surface area (Å²) in [6.45, 7) is 2.37. The smallest absolute Gasteiger partial charge is 0.162 e. The summed E-state index contributed by atoms with van der Waals surface area (Å²) in [5.74, 6) is -0.199. The highest BCUT2D eigenvalue weighted by atomic mass is 16.3. The first-order valence-electron chi connectivity index (χ1n) is 6.75. The van der Waals surface area contributed by atoms with E-state index in [4.69, 9.17) is 0 Å². The molecule has 4 nitrogen and oxygen atoms in total. The van der Waals surface area contributed by atoms with E-state index >= 15 is 0 Å². The Morgan fingerprint density at radius 2 is 1.81 bits per heavy atom. The van der Waals surface area contributed by atoms with Gasteiger partial charge in [-0.2, -0.15) is 0 Å². The number of phenols is 2. The number of aromatic hydroxyl groups is 2. The summed E-state index contributed by atoms with van der Waals surface area (Å²) in [5.41, 5.74) is 3.40. The van der Waals surface area contributed by atoms with Crippen molar-refractivity contribution in [3.8, 4) is 11.5 Å². The third-order valence-corrected chi connectivity index (χ3v) is 3.43. The highest BCUT2D eigenvalue weighted by Crippen LogP contribution is 2.29. The maximum Gasteiger partial charge on any atom is 0.162 e. The SMILES string of the molecule is Cc1ccc2cccc(NCc3cccc(O)c3O)c2n1. The van der Waals surface area contributed by atoms with Crippen molar-refractivity contribution >= 4 is 16.6 Å². The van der Waals surface area contributed by atoms with Gasteiger partial charge in [0, 0.05) is 23.2 Å². The highest BCUT2D eigenvalue weighted by Gasteiger charge is 2.07. The molecule has 0 aliphatic rings. The second kappa shape index (κ2) is 5.32. The summed E-state index contributed by atoms with van der Waals surface area (Å²) in [4.78, 5) is 4.55. The quantitative estimate of drug-likeness (QED) is 0.642. The predicted molar refractivity (Wildman–Crippen MR) is 83.6 cm³/mol. The number of pyridine rings is 1. The fourth-order valence-corrected chi connectivity index (χ4v) is 2.30. The standard InChI is InChI=1S/C17H16N2O2/c1-11-8-9-12-4-2-6-14(16(12)19-11)18-10-13-5-3-7-15(20)17(13)21/h2-9,18,20-21H,10H2,1H3. The van der Waals surface area contributed by atoms with Crippen LogP contribution >= 0.6 is 0 Å². The molecule has 3 rings (SSSR count). The van der Waals surface area contributed by atoms with Gasteiger partial charge in [-0.25, -0.2) is 0 Å². The van der Waals surface area contributed by atoms with Crippen LogP contribution in [-0.4, -0.2) is 15.2 Å². The molecule has 3 aromatic rings. The summed E-state index contributed by atoms with van der Waals surface area (Å²) in [7, 11) is 0. The van der Waals surface area contributed by atoms with Crippen molar-refractivity contribution < 1.29 is 10.2 Å². The molecule has 0 aliphatic carbocycles. The Hall–Kier alpha value is -2.75. The monoisotopic (exact) mass is 280 g/mol. The van der Waals surface area contributed by atoms with Gasteiger partial charge in [0.15, 0.2) is 11.5 Å². The Labute approximate surface area is 122 Å². The number of aromatic nitrogens is 1. The van der Waals surface area contributed by atoms with Crippen LogP contribution in [0.15, 0.2) is 48.5 Å². The largest absolute Gasteiger partial charge is 0.504 e. The van der Waals surface area contributed by atoms with Crippen LogP contribution in [0.4, 0.5) is 5.69 Å². The van der Waals surface area contributed by atoms with Crippen LogP contribution in [0.5, 0.6) is 11.5 Å². The van der Waals surface area contributed by atoms with E-state index in [1.807, 2.05) is 37.3 Å². The number of hydrogen-bond acceptors (Lipinski definition) is 4. The number of para-hydroxylation sites is 2. The summed E-state index contributed by atoms with van der Waals surface area (Å²) in [6, 6.07) is 14.9. The number of rotatable bonds is 3. The van der Waals surface area contributed by atoms with Crippen LogP contribution < -0.4 is 5.32 Å². The van der Waals surface area contributed by atoms with Gasteiger partial charge in [0.25, 0.3) is 0 Å². The second-order valence-corrected chi connectivity index (χ2v) is 4.97. The Balaban J connectivity index is 1.92. The fraction of sp³-hybridized carbons (Fsp3) is 0.118. The van der Waals surface area contributed by atoms with Crippen LogP contribution in [0.2, 0.25) is 0 Å². The van der Waals surface area contributed by atoms with Crippen molar-refractivity contribution in [2.24, 2.45) is 0 Å². The number of fused-ring (bicyclic) bond motifs is 1. The highest BCUT2D eigenvalue weighted by molar-refractivity contribution is 5.90. The molecule has 0 saturated carbocycles. The van der Waals surface area contributed by atoms with E-state index in [1.165, 1.54) is 6.07 Å². The van der Waals surface area contributed by atoms with Gasteiger partial charge in [0.05, 0.1) is 11.2 Å². The molecule has 0 radical (unpaired) electrons. The van der Waals surface area contributed by atoms with E-state index in [0.29, 0.717) is 12.1 Å². The molecular formula is C17H16N2O2.